The normalized spacial score (nSPS) is 10.8. The van der Waals surface area contributed by atoms with Gasteiger partial charge < -0.3 is 10.1 Å². The summed E-state index contributed by atoms with van der Waals surface area (Å²) >= 11 is 1.39. The minimum absolute atomic E-state index is 0.0238. The van der Waals surface area contributed by atoms with Gasteiger partial charge in [0, 0.05) is 29.2 Å². The van der Waals surface area contributed by atoms with E-state index in [4.69, 9.17) is 4.74 Å². The molecule has 2 aromatic heterocycles. The number of amides is 1. The zero-order valence-electron chi connectivity index (χ0n) is 13.4. The van der Waals surface area contributed by atoms with Crippen LogP contribution in [0.5, 0.6) is 0 Å². The Balaban J connectivity index is 1.87. The molecule has 1 aromatic carbocycles. The Morgan fingerprint density at radius 2 is 2.00 bits per heavy atom. The highest BCUT2D eigenvalue weighted by molar-refractivity contribution is 7.15. The number of carbonyl (C=O) groups excluding carboxylic acids is 2. The van der Waals surface area contributed by atoms with Crippen molar-refractivity contribution in [2.45, 2.75) is 20.3 Å². The van der Waals surface area contributed by atoms with E-state index >= 15 is 0 Å². The van der Waals surface area contributed by atoms with Crippen molar-refractivity contribution in [1.82, 2.24) is 9.38 Å². The van der Waals surface area contributed by atoms with Crippen LogP contribution in [0.2, 0.25) is 0 Å². The Kier molecular flexibility index (Phi) is 4.61. The van der Waals surface area contributed by atoms with Gasteiger partial charge in [0.25, 0.3) is 0 Å². The molecule has 0 saturated carbocycles. The summed E-state index contributed by atoms with van der Waals surface area (Å²) in [6, 6.07) is 7.45. The van der Waals surface area contributed by atoms with E-state index in [0.717, 1.165) is 21.9 Å². The fraction of sp³-hybridized carbons (Fsp3) is 0.235. The lowest BCUT2D eigenvalue weighted by molar-refractivity contribution is -0.115. The van der Waals surface area contributed by atoms with Crippen LogP contribution in [0.25, 0.3) is 16.2 Å². The monoisotopic (exact) mass is 343 g/mol. The lowest BCUT2D eigenvalue weighted by Gasteiger charge is -2.04. The predicted octanol–water partition coefficient (Wildman–Crippen LogP) is 3.59. The molecule has 0 saturated heterocycles. The molecule has 1 amide bonds. The maximum absolute atomic E-state index is 11.9. The Bertz CT molecular complexity index is 880. The largest absolute Gasteiger partial charge is 0.461 e. The molecular formula is C17H17N3O3S. The lowest BCUT2D eigenvalue weighted by atomic mass is 10.1. The summed E-state index contributed by atoms with van der Waals surface area (Å²) in [6.07, 6.45) is 2.26. The highest BCUT2D eigenvalue weighted by Crippen LogP contribution is 2.25. The van der Waals surface area contributed by atoms with Gasteiger partial charge >= 0.3 is 5.97 Å². The Morgan fingerprint density at radius 1 is 1.25 bits per heavy atom. The van der Waals surface area contributed by atoms with Crippen LogP contribution in [0.3, 0.4) is 0 Å². The fourth-order valence-electron chi connectivity index (χ4n) is 2.25. The highest BCUT2D eigenvalue weighted by Gasteiger charge is 2.16. The predicted molar refractivity (Wildman–Crippen MR) is 93.4 cm³/mol. The molecule has 0 fully saturated rings. The Hall–Kier alpha value is -2.67. The zero-order chi connectivity index (χ0) is 17.1. The van der Waals surface area contributed by atoms with Gasteiger partial charge in [-0.15, -0.1) is 11.3 Å². The summed E-state index contributed by atoms with van der Waals surface area (Å²) in [5, 5.41) is 4.55. The number of hydrogen-bond donors (Lipinski definition) is 1. The molecule has 0 atom stereocenters. The van der Waals surface area contributed by atoms with Crippen LogP contribution in [-0.2, 0) is 9.53 Å². The molecule has 1 N–H and O–H groups in total. The number of fused-ring (bicyclic) bond motifs is 1. The molecule has 0 bridgehead atoms. The minimum atomic E-state index is -0.356. The highest BCUT2D eigenvalue weighted by atomic mass is 32.1. The molecular weight excluding hydrogens is 326 g/mol. The number of aromatic nitrogens is 2. The Morgan fingerprint density at radius 3 is 2.67 bits per heavy atom. The molecule has 3 rings (SSSR count). The average Bonchev–Trinajstić information content (AvgIpc) is 3.16. The number of ether oxygens (including phenoxy) is 1. The van der Waals surface area contributed by atoms with Crippen molar-refractivity contribution >= 4 is 33.9 Å². The van der Waals surface area contributed by atoms with E-state index in [9.17, 15) is 9.59 Å². The van der Waals surface area contributed by atoms with Gasteiger partial charge in [-0.1, -0.05) is 19.1 Å². The van der Waals surface area contributed by atoms with E-state index in [1.54, 1.807) is 16.7 Å². The molecule has 0 unspecified atom stereocenters. The molecule has 0 spiro atoms. The first-order valence-corrected chi connectivity index (χ1v) is 8.54. The van der Waals surface area contributed by atoms with Gasteiger partial charge in [0.1, 0.15) is 5.69 Å². The van der Waals surface area contributed by atoms with Crippen molar-refractivity contribution < 1.29 is 14.3 Å². The van der Waals surface area contributed by atoms with Gasteiger partial charge in [-0.25, -0.2) is 9.78 Å². The molecule has 0 radical (unpaired) electrons. The SMILES string of the molecule is CCOC(=O)c1csc2nc(-c3ccc(NC(=O)CC)cc3)cn12. The van der Waals surface area contributed by atoms with Crippen molar-refractivity contribution in [3.63, 3.8) is 0 Å². The van der Waals surface area contributed by atoms with E-state index in [1.165, 1.54) is 11.3 Å². The number of hydrogen-bond acceptors (Lipinski definition) is 5. The summed E-state index contributed by atoms with van der Waals surface area (Å²) < 4.78 is 6.79. The molecule has 6 nitrogen and oxygen atoms in total. The number of nitrogens with zero attached hydrogens (tertiary/aromatic N) is 2. The van der Waals surface area contributed by atoms with Gasteiger partial charge in [0.15, 0.2) is 4.96 Å². The summed E-state index contributed by atoms with van der Waals surface area (Å²) in [7, 11) is 0. The molecule has 124 valence electrons. The number of carbonyl (C=O) groups is 2. The second-order valence-corrected chi connectivity index (χ2v) is 5.94. The number of anilines is 1. The average molecular weight is 343 g/mol. The van der Waals surface area contributed by atoms with Crippen molar-refractivity contribution in [1.29, 1.82) is 0 Å². The third-order valence-corrected chi connectivity index (χ3v) is 4.32. The van der Waals surface area contributed by atoms with E-state index in [-0.39, 0.29) is 11.9 Å². The second-order valence-electron chi connectivity index (χ2n) is 5.10. The van der Waals surface area contributed by atoms with Gasteiger partial charge in [0.2, 0.25) is 5.91 Å². The number of thiazole rings is 1. The third-order valence-electron chi connectivity index (χ3n) is 3.48. The number of benzene rings is 1. The smallest absolute Gasteiger partial charge is 0.356 e. The third kappa shape index (κ3) is 3.16. The van der Waals surface area contributed by atoms with Gasteiger partial charge in [-0.2, -0.15) is 0 Å². The number of esters is 1. The van der Waals surface area contributed by atoms with Crippen molar-refractivity contribution in [2.24, 2.45) is 0 Å². The van der Waals surface area contributed by atoms with Gasteiger partial charge in [-0.05, 0) is 19.1 Å². The molecule has 2 heterocycles. The van der Waals surface area contributed by atoms with Crippen LogP contribution in [0, 0.1) is 0 Å². The van der Waals surface area contributed by atoms with E-state index in [0.29, 0.717) is 18.7 Å². The van der Waals surface area contributed by atoms with Crippen LogP contribution >= 0.6 is 11.3 Å². The van der Waals surface area contributed by atoms with Crippen LogP contribution < -0.4 is 5.32 Å². The standard InChI is InChI=1S/C17H17N3O3S/c1-3-15(21)18-12-7-5-11(6-8-12)13-9-20-14(16(22)23-4-2)10-24-17(20)19-13/h5-10H,3-4H2,1-2H3,(H,18,21). The summed E-state index contributed by atoms with van der Waals surface area (Å²) in [5.74, 6) is -0.380. The quantitative estimate of drug-likeness (QED) is 0.719. The molecule has 0 aliphatic rings. The van der Waals surface area contributed by atoms with Crippen molar-refractivity contribution in [2.75, 3.05) is 11.9 Å². The maximum Gasteiger partial charge on any atom is 0.356 e. The van der Waals surface area contributed by atoms with E-state index in [2.05, 4.69) is 10.3 Å². The molecule has 3 aromatic rings. The first-order valence-electron chi connectivity index (χ1n) is 7.66. The fourth-order valence-corrected chi connectivity index (χ4v) is 3.09. The lowest BCUT2D eigenvalue weighted by Crippen LogP contribution is -2.09. The van der Waals surface area contributed by atoms with Gasteiger partial charge in [-0.3, -0.25) is 9.20 Å². The zero-order valence-corrected chi connectivity index (χ0v) is 14.2. The summed E-state index contributed by atoms with van der Waals surface area (Å²) in [5.41, 5.74) is 2.90. The molecule has 7 heteroatoms. The summed E-state index contributed by atoms with van der Waals surface area (Å²) in [4.78, 5) is 28.6. The van der Waals surface area contributed by atoms with Crippen molar-refractivity contribution in [3.05, 3.63) is 41.5 Å². The van der Waals surface area contributed by atoms with Crippen LogP contribution in [0.4, 0.5) is 5.69 Å². The molecule has 0 aliphatic heterocycles. The number of imidazole rings is 1. The first kappa shape index (κ1) is 16.2. The summed E-state index contributed by atoms with van der Waals surface area (Å²) in [6.45, 7) is 3.92. The Labute approximate surface area is 143 Å². The van der Waals surface area contributed by atoms with Crippen LogP contribution in [0.1, 0.15) is 30.8 Å². The number of rotatable bonds is 5. The molecule has 0 aliphatic carbocycles. The second kappa shape index (κ2) is 6.84. The van der Waals surface area contributed by atoms with E-state index < -0.39 is 0 Å². The number of nitrogens with one attached hydrogen (secondary N) is 1. The van der Waals surface area contributed by atoms with Crippen molar-refractivity contribution in [3.8, 4) is 11.3 Å². The van der Waals surface area contributed by atoms with Crippen LogP contribution in [0.15, 0.2) is 35.8 Å². The minimum Gasteiger partial charge on any atom is -0.461 e. The topological polar surface area (TPSA) is 72.7 Å². The van der Waals surface area contributed by atoms with Crippen LogP contribution in [-0.4, -0.2) is 27.9 Å². The molecule has 24 heavy (non-hydrogen) atoms. The van der Waals surface area contributed by atoms with E-state index in [1.807, 2.05) is 37.4 Å². The van der Waals surface area contributed by atoms with Gasteiger partial charge in [0.05, 0.1) is 12.3 Å². The first-order chi connectivity index (χ1) is 11.6. The maximum atomic E-state index is 11.9.